The van der Waals surface area contributed by atoms with Gasteiger partial charge in [-0.15, -0.1) is 0 Å². The van der Waals surface area contributed by atoms with Crippen molar-refractivity contribution in [1.82, 2.24) is 0 Å². The molecule has 0 aliphatic carbocycles. The first-order chi connectivity index (χ1) is 10.1. The number of hydrogen-bond donors (Lipinski definition) is 0. The van der Waals surface area contributed by atoms with Gasteiger partial charge in [0, 0.05) is 6.66 Å². The normalized spacial score (nSPS) is 25.0. The highest BCUT2D eigenvalue weighted by atomic mass is 31.2. The minimum Gasteiger partial charge on any atom is -0.439 e. The Kier molecular flexibility index (Phi) is 4.17. The van der Waals surface area contributed by atoms with Crippen molar-refractivity contribution in [2.75, 3.05) is 6.66 Å². The van der Waals surface area contributed by atoms with Crippen LogP contribution in [-0.2, 0) is 0 Å². The molecule has 4 aliphatic heterocycles. The highest BCUT2D eigenvalue weighted by Crippen LogP contribution is 2.39. The summed E-state index contributed by atoms with van der Waals surface area (Å²) in [6.07, 6.45) is 1.14. The minimum atomic E-state index is -0.961. The predicted octanol–water partition coefficient (Wildman–Crippen LogP) is 5.70. The zero-order valence-electron chi connectivity index (χ0n) is 12.7. The van der Waals surface area contributed by atoms with E-state index in [0.29, 0.717) is 11.8 Å². The first-order valence-corrected chi connectivity index (χ1v) is 9.04. The SMILES string of the molecule is CC1CC(C)c2ccc(cc2)OP(C)Oc2ccc1cc2. The average molecular weight is 300 g/mol. The van der Waals surface area contributed by atoms with Gasteiger partial charge in [0.05, 0.1) is 0 Å². The first kappa shape index (κ1) is 14.4. The molecule has 0 N–H and O–H groups in total. The molecule has 0 amide bonds. The fourth-order valence-electron chi connectivity index (χ4n) is 2.83. The van der Waals surface area contributed by atoms with Crippen LogP contribution in [0, 0.1) is 0 Å². The molecule has 6 rings (SSSR count). The third kappa shape index (κ3) is 3.39. The Morgan fingerprint density at radius 3 is 1.52 bits per heavy atom. The summed E-state index contributed by atoms with van der Waals surface area (Å²) in [7, 11) is -0.961. The molecule has 0 fully saturated rings. The quantitative estimate of drug-likeness (QED) is 0.581. The van der Waals surface area contributed by atoms with Gasteiger partial charge < -0.3 is 9.05 Å². The highest BCUT2D eigenvalue weighted by Gasteiger charge is 2.15. The van der Waals surface area contributed by atoms with Crippen LogP contribution < -0.4 is 9.05 Å². The molecule has 2 aromatic rings. The highest BCUT2D eigenvalue weighted by molar-refractivity contribution is 7.47. The van der Waals surface area contributed by atoms with Gasteiger partial charge in [-0.05, 0) is 53.6 Å². The molecule has 2 atom stereocenters. The second kappa shape index (κ2) is 6.07. The maximum absolute atomic E-state index is 5.86. The second-order valence-corrected chi connectivity index (χ2v) is 7.04. The monoisotopic (exact) mass is 300 g/mol. The van der Waals surface area contributed by atoms with E-state index >= 15 is 0 Å². The van der Waals surface area contributed by atoms with Crippen LogP contribution in [0.3, 0.4) is 0 Å². The Bertz CT molecular complexity index is 538. The Labute approximate surface area is 128 Å². The van der Waals surface area contributed by atoms with Crippen LogP contribution in [0.1, 0.15) is 43.2 Å². The van der Waals surface area contributed by atoms with Crippen LogP contribution in [0.25, 0.3) is 0 Å². The molecule has 3 heteroatoms. The lowest BCUT2D eigenvalue weighted by Crippen LogP contribution is -2.02. The van der Waals surface area contributed by atoms with E-state index in [4.69, 9.17) is 9.05 Å². The molecule has 0 spiro atoms. The van der Waals surface area contributed by atoms with Crippen LogP contribution in [0.2, 0.25) is 0 Å². The molecule has 4 heterocycles. The summed E-state index contributed by atoms with van der Waals surface area (Å²) in [6.45, 7) is 6.57. The summed E-state index contributed by atoms with van der Waals surface area (Å²) in [6, 6.07) is 16.9. The van der Waals surface area contributed by atoms with Gasteiger partial charge >= 0.3 is 0 Å². The third-order valence-corrected chi connectivity index (χ3v) is 5.01. The summed E-state index contributed by atoms with van der Waals surface area (Å²) in [5.41, 5.74) is 2.73. The minimum absolute atomic E-state index is 0.538. The lowest BCUT2D eigenvalue weighted by Gasteiger charge is -2.21. The molecule has 0 radical (unpaired) electrons. The molecule has 21 heavy (non-hydrogen) atoms. The van der Waals surface area contributed by atoms with Gasteiger partial charge in [-0.3, -0.25) is 0 Å². The van der Waals surface area contributed by atoms with Gasteiger partial charge in [0.25, 0.3) is 8.38 Å². The lowest BCUT2D eigenvalue weighted by atomic mass is 9.87. The van der Waals surface area contributed by atoms with Crippen LogP contribution in [0.5, 0.6) is 11.5 Å². The van der Waals surface area contributed by atoms with Crippen molar-refractivity contribution in [2.24, 2.45) is 0 Å². The van der Waals surface area contributed by atoms with E-state index in [9.17, 15) is 0 Å². The van der Waals surface area contributed by atoms with Crippen molar-refractivity contribution >= 4 is 8.38 Å². The standard InChI is InChI=1S/C18H21O2P/c1-13-12-14(2)16-6-10-18(11-7-16)20-21(3)19-17-8-4-15(13)5-9-17/h4-11,13-14H,12H2,1-3H3. The van der Waals surface area contributed by atoms with Gasteiger partial charge in [-0.2, -0.15) is 0 Å². The van der Waals surface area contributed by atoms with Crippen molar-refractivity contribution in [3.8, 4) is 11.5 Å². The fraction of sp³-hybridized carbons (Fsp3) is 0.333. The van der Waals surface area contributed by atoms with E-state index in [-0.39, 0.29) is 0 Å². The maximum Gasteiger partial charge on any atom is 0.286 e. The molecule has 0 saturated heterocycles. The molecule has 2 unspecified atom stereocenters. The van der Waals surface area contributed by atoms with Gasteiger partial charge in [0.15, 0.2) is 0 Å². The number of benzene rings is 2. The summed E-state index contributed by atoms with van der Waals surface area (Å²) < 4.78 is 11.7. The van der Waals surface area contributed by atoms with Crippen LogP contribution in [0.4, 0.5) is 0 Å². The van der Waals surface area contributed by atoms with Crippen LogP contribution >= 0.6 is 8.38 Å². The summed E-state index contributed by atoms with van der Waals surface area (Å²) in [5, 5.41) is 0. The molecule has 2 nitrogen and oxygen atoms in total. The molecule has 0 aromatic heterocycles. The molecule has 2 aromatic carbocycles. The maximum atomic E-state index is 5.86. The zero-order valence-corrected chi connectivity index (χ0v) is 13.6. The summed E-state index contributed by atoms with van der Waals surface area (Å²) in [5.74, 6) is 2.83. The van der Waals surface area contributed by atoms with E-state index in [1.807, 2.05) is 30.9 Å². The van der Waals surface area contributed by atoms with E-state index in [0.717, 1.165) is 17.9 Å². The van der Waals surface area contributed by atoms with Crippen LogP contribution in [0.15, 0.2) is 48.5 Å². The topological polar surface area (TPSA) is 18.5 Å². The average Bonchev–Trinajstić information content (AvgIpc) is 2.47. The largest absolute Gasteiger partial charge is 0.439 e. The molecular weight excluding hydrogens is 279 g/mol. The van der Waals surface area contributed by atoms with Gasteiger partial charge in [-0.25, -0.2) is 0 Å². The summed E-state index contributed by atoms with van der Waals surface area (Å²) >= 11 is 0. The third-order valence-electron chi connectivity index (χ3n) is 4.07. The fourth-order valence-corrected chi connectivity index (χ4v) is 3.71. The Hall–Kier alpha value is -1.53. The molecule has 4 bridgehead atoms. The smallest absolute Gasteiger partial charge is 0.286 e. The number of hydrogen-bond acceptors (Lipinski definition) is 2. The van der Waals surface area contributed by atoms with Gasteiger partial charge in [0.2, 0.25) is 0 Å². The molecule has 110 valence electrons. The second-order valence-electron chi connectivity index (χ2n) is 5.80. The van der Waals surface area contributed by atoms with Crippen molar-refractivity contribution in [3.63, 3.8) is 0 Å². The van der Waals surface area contributed by atoms with Crippen molar-refractivity contribution in [2.45, 2.75) is 32.1 Å². The number of rotatable bonds is 0. The molecular formula is C18H21O2P. The summed E-state index contributed by atoms with van der Waals surface area (Å²) in [4.78, 5) is 0. The lowest BCUT2D eigenvalue weighted by molar-refractivity contribution is 0.495. The first-order valence-electron chi connectivity index (χ1n) is 7.41. The Morgan fingerprint density at radius 2 is 1.14 bits per heavy atom. The molecule has 0 saturated carbocycles. The van der Waals surface area contributed by atoms with E-state index in [2.05, 4.69) is 38.1 Å². The van der Waals surface area contributed by atoms with E-state index in [1.54, 1.807) is 0 Å². The van der Waals surface area contributed by atoms with Crippen molar-refractivity contribution < 1.29 is 9.05 Å². The van der Waals surface area contributed by atoms with Crippen molar-refractivity contribution in [3.05, 3.63) is 59.7 Å². The van der Waals surface area contributed by atoms with E-state index in [1.165, 1.54) is 11.1 Å². The molecule has 4 aliphatic rings. The van der Waals surface area contributed by atoms with Gasteiger partial charge in [0.1, 0.15) is 11.5 Å². The zero-order chi connectivity index (χ0) is 14.8. The van der Waals surface area contributed by atoms with Gasteiger partial charge in [-0.1, -0.05) is 38.1 Å². The Balaban J connectivity index is 1.95. The Morgan fingerprint density at radius 1 is 0.762 bits per heavy atom. The van der Waals surface area contributed by atoms with E-state index < -0.39 is 8.38 Å². The predicted molar refractivity (Wildman–Crippen MR) is 88.4 cm³/mol. The van der Waals surface area contributed by atoms with Crippen molar-refractivity contribution in [1.29, 1.82) is 0 Å². The van der Waals surface area contributed by atoms with Crippen LogP contribution in [-0.4, -0.2) is 6.66 Å².